The van der Waals surface area contributed by atoms with Gasteiger partial charge in [-0.3, -0.25) is 10.1 Å². The molecule has 1 aromatic heterocycles. The van der Waals surface area contributed by atoms with Gasteiger partial charge in [0.1, 0.15) is 6.17 Å². The second-order valence-electron chi connectivity index (χ2n) is 5.59. The minimum atomic E-state index is -0.0279. The highest BCUT2D eigenvalue weighted by atomic mass is 32.1. The Bertz CT molecular complexity index is 461. The Hall–Kier alpha value is -0.910. The van der Waals surface area contributed by atoms with E-state index < -0.39 is 0 Å². The molecule has 5 heteroatoms. The SMILES string of the molecule is CCCCC1NC(c2ccc(C)s2)N(CCCOC)C1=O. The molecule has 0 aromatic carbocycles. The molecule has 21 heavy (non-hydrogen) atoms. The van der Waals surface area contributed by atoms with Gasteiger partial charge in [-0.1, -0.05) is 19.8 Å². The third kappa shape index (κ3) is 4.05. The van der Waals surface area contributed by atoms with E-state index in [1.54, 1.807) is 18.4 Å². The normalized spacial score (nSPS) is 22.2. The highest BCUT2D eigenvalue weighted by Crippen LogP contribution is 2.31. The molecule has 0 radical (unpaired) electrons. The van der Waals surface area contributed by atoms with Crippen LogP contribution >= 0.6 is 11.3 Å². The molecule has 4 nitrogen and oxygen atoms in total. The Morgan fingerprint density at radius 2 is 2.19 bits per heavy atom. The molecule has 1 N–H and O–H groups in total. The van der Waals surface area contributed by atoms with Gasteiger partial charge in [0.25, 0.3) is 0 Å². The standard InChI is InChI=1S/C16H26N2O2S/c1-4-5-7-13-16(19)18(10-6-11-20-3)15(17-13)14-9-8-12(2)21-14/h8-9,13,15,17H,4-7,10-11H2,1-3H3. The molecule has 1 amide bonds. The van der Waals surface area contributed by atoms with Crippen molar-refractivity contribution in [1.82, 2.24) is 10.2 Å². The first kappa shape index (κ1) is 16.5. The largest absolute Gasteiger partial charge is 0.385 e. The fourth-order valence-electron chi connectivity index (χ4n) is 2.75. The van der Waals surface area contributed by atoms with Crippen LogP contribution in [0.3, 0.4) is 0 Å². The lowest BCUT2D eigenvalue weighted by Crippen LogP contribution is -2.32. The van der Waals surface area contributed by atoms with Crippen molar-refractivity contribution in [1.29, 1.82) is 0 Å². The van der Waals surface area contributed by atoms with E-state index in [1.807, 2.05) is 4.90 Å². The van der Waals surface area contributed by atoms with Crippen molar-refractivity contribution in [2.45, 2.75) is 51.7 Å². The average molecular weight is 310 g/mol. The number of methoxy groups -OCH3 is 1. The summed E-state index contributed by atoms with van der Waals surface area (Å²) in [7, 11) is 1.70. The molecular weight excluding hydrogens is 284 g/mol. The first-order valence-corrected chi connectivity index (χ1v) is 8.60. The number of nitrogens with zero attached hydrogens (tertiary/aromatic N) is 1. The summed E-state index contributed by atoms with van der Waals surface area (Å²) in [6.45, 7) is 5.72. The van der Waals surface area contributed by atoms with Crippen molar-refractivity contribution in [2.75, 3.05) is 20.3 Å². The smallest absolute Gasteiger partial charge is 0.241 e. The molecule has 0 spiro atoms. The lowest BCUT2D eigenvalue weighted by atomic mass is 10.1. The summed E-state index contributed by atoms with van der Waals surface area (Å²) in [6, 6.07) is 4.23. The Morgan fingerprint density at radius 3 is 2.81 bits per heavy atom. The molecule has 0 saturated carbocycles. The number of hydrogen-bond acceptors (Lipinski definition) is 4. The molecule has 2 heterocycles. The van der Waals surface area contributed by atoms with E-state index in [9.17, 15) is 4.79 Å². The molecule has 2 unspecified atom stereocenters. The van der Waals surface area contributed by atoms with Crippen molar-refractivity contribution in [3.63, 3.8) is 0 Å². The van der Waals surface area contributed by atoms with Gasteiger partial charge in [-0.05, 0) is 31.9 Å². The van der Waals surface area contributed by atoms with Crippen LogP contribution in [0.1, 0.15) is 48.5 Å². The van der Waals surface area contributed by atoms with E-state index in [1.165, 1.54) is 9.75 Å². The molecule has 118 valence electrons. The summed E-state index contributed by atoms with van der Waals surface area (Å²) in [6.07, 6.45) is 4.06. The summed E-state index contributed by atoms with van der Waals surface area (Å²) in [5, 5.41) is 3.53. The van der Waals surface area contributed by atoms with Crippen LogP contribution in [0.2, 0.25) is 0 Å². The Balaban J connectivity index is 2.08. The quantitative estimate of drug-likeness (QED) is 0.750. The van der Waals surface area contributed by atoms with Gasteiger partial charge in [0.05, 0.1) is 6.04 Å². The van der Waals surface area contributed by atoms with Crippen LogP contribution in [-0.2, 0) is 9.53 Å². The maximum Gasteiger partial charge on any atom is 0.241 e. The fourth-order valence-corrected chi connectivity index (χ4v) is 3.70. The van der Waals surface area contributed by atoms with Crippen LogP contribution in [0.5, 0.6) is 0 Å². The summed E-state index contributed by atoms with van der Waals surface area (Å²) in [5.41, 5.74) is 0. The van der Waals surface area contributed by atoms with Crippen molar-refractivity contribution in [2.24, 2.45) is 0 Å². The number of carbonyl (C=O) groups excluding carboxylic acids is 1. The van der Waals surface area contributed by atoms with Crippen molar-refractivity contribution in [3.8, 4) is 0 Å². The number of thiophene rings is 1. The van der Waals surface area contributed by atoms with Gasteiger partial charge in [0.15, 0.2) is 0 Å². The molecule has 1 aliphatic rings. The van der Waals surface area contributed by atoms with Crippen LogP contribution in [0, 0.1) is 6.92 Å². The number of carbonyl (C=O) groups is 1. The topological polar surface area (TPSA) is 41.6 Å². The molecule has 0 bridgehead atoms. The molecule has 1 aromatic rings. The van der Waals surface area contributed by atoms with E-state index in [0.717, 1.165) is 32.2 Å². The second-order valence-corrected chi connectivity index (χ2v) is 6.91. The minimum absolute atomic E-state index is 0.0279. The van der Waals surface area contributed by atoms with E-state index in [4.69, 9.17) is 4.74 Å². The zero-order valence-corrected chi connectivity index (χ0v) is 14.0. The van der Waals surface area contributed by atoms with E-state index in [2.05, 4.69) is 31.3 Å². The maximum atomic E-state index is 12.6. The van der Waals surface area contributed by atoms with Crippen molar-refractivity contribution >= 4 is 17.2 Å². The third-order valence-corrected chi connectivity index (χ3v) is 4.93. The van der Waals surface area contributed by atoms with Gasteiger partial charge in [0.2, 0.25) is 5.91 Å². The van der Waals surface area contributed by atoms with Crippen LogP contribution in [0.15, 0.2) is 12.1 Å². The molecule has 2 rings (SSSR count). The molecule has 1 aliphatic heterocycles. The first-order chi connectivity index (χ1) is 10.2. The predicted octanol–water partition coefficient (Wildman–Crippen LogP) is 3.08. The van der Waals surface area contributed by atoms with Gasteiger partial charge in [-0.25, -0.2) is 0 Å². The molecular formula is C16H26N2O2S. The highest BCUT2D eigenvalue weighted by molar-refractivity contribution is 7.12. The molecule has 1 fully saturated rings. The van der Waals surface area contributed by atoms with Gasteiger partial charge in [-0.2, -0.15) is 0 Å². The van der Waals surface area contributed by atoms with Crippen LogP contribution in [-0.4, -0.2) is 37.1 Å². The third-order valence-electron chi connectivity index (χ3n) is 3.88. The minimum Gasteiger partial charge on any atom is -0.385 e. The Kier molecular flexibility index (Phi) is 6.21. The van der Waals surface area contributed by atoms with Gasteiger partial charge in [0, 0.05) is 30.0 Å². The van der Waals surface area contributed by atoms with Crippen LogP contribution in [0.25, 0.3) is 0 Å². The summed E-state index contributed by atoms with van der Waals surface area (Å²) >= 11 is 1.77. The number of unbranched alkanes of at least 4 members (excludes halogenated alkanes) is 1. The lowest BCUT2D eigenvalue weighted by molar-refractivity contribution is -0.130. The molecule has 1 saturated heterocycles. The summed E-state index contributed by atoms with van der Waals surface area (Å²) < 4.78 is 5.12. The Morgan fingerprint density at radius 1 is 1.38 bits per heavy atom. The van der Waals surface area contributed by atoms with E-state index >= 15 is 0 Å². The molecule has 0 aliphatic carbocycles. The van der Waals surface area contributed by atoms with Crippen molar-refractivity contribution in [3.05, 3.63) is 21.9 Å². The number of ether oxygens (including phenoxy) is 1. The van der Waals surface area contributed by atoms with E-state index in [0.29, 0.717) is 6.61 Å². The van der Waals surface area contributed by atoms with Gasteiger partial charge in [-0.15, -0.1) is 11.3 Å². The van der Waals surface area contributed by atoms with Crippen LogP contribution in [0.4, 0.5) is 0 Å². The number of amides is 1. The number of rotatable bonds is 8. The number of aryl methyl sites for hydroxylation is 1. The first-order valence-electron chi connectivity index (χ1n) is 7.79. The Labute approximate surface area is 131 Å². The highest BCUT2D eigenvalue weighted by Gasteiger charge is 2.39. The lowest BCUT2D eigenvalue weighted by Gasteiger charge is -2.23. The zero-order chi connectivity index (χ0) is 15.2. The predicted molar refractivity (Wildman–Crippen MR) is 86.5 cm³/mol. The molecule has 2 atom stereocenters. The summed E-state index contributed by atoms with van der Waals surface area (Å²) in [5.74, 6) is 0.246. The van der Waals surface area contributed by atoms with E-state index in [-0.39, 0.29) is 18.1 Å². The zero-order valence-electron chi connectivity index (χ0n) is 13.2. The van der Waals surface area contributed by atoms with Gasteiger partial charge < -0.3 is 9.64 Å². The number of nitrogens with one attached hydrogen (secondary N) is 1. The fraction of sp³-hybridized carbons (Fsp3) is 0.688. The summed E-state index contributed by atoms with van der Waals surface area (Å²) in [4.78, 5) is 17.1. The second kappa shape index (κ2) is 7.92. The maximum absolute atomic E-state index is 12.6. The monoisotopic (exact) mass is 310 g/mol. The van der Waals surface area contributed by atoms with Crippen LogP contribution < -0.4 is 5.32 Å². The average Bonchev–Trinajstić information content (AvgIpc) is 3.02. The number of hydrogen-bond donors (Lipinski definition) is 1. The van der Waals surface area contributed by atoms with Crippen molar-refractivity contribution < 1.29 is 9.53 Å². The van der Waals surface area contributed by atoms with Gasteiger partial charge >= 0.3 is 0 Å².